The van der Waals surface area contributed by atoms with Gasteiger partial charge in [-0.05, 0) is 42.8 Å². The summed E-state index contributed by atoms with van der Waals surface area (Å²) >= 11 is 6.22. The molecule has 0 saturated carbocycles. The molecule has 0 atom stereocenters. The molecule has 28 heavy (non-hydrogen) atoms. The van der Waals surface area contributed by atoms with Crippen LogP contribution in [0.25, 0.3) is 16.7 Å². The summed E-state index contributed by atoms with van der Waals surface area (Å²) in [6.07, 6.45) is 2.98. The van der Waals surface area contributed by atoms with Crippen LogP contribution in [0.5, 0.6) is 5.75 Å². The fourth-order valence-corrected chi connectivity index (χ4v) is 2.86. The molecule has 0 radical (unpaired) electrons. The van der Waals surface area contributed by atoms with Gasteiger partial charge in [0.25, 0.3) is 5.91 Å². The van der Waals surface area contributed by atoms with E-state index < -0.39 is 5.91 Å². The Balaban J connectivity index is 1.61. The molecule has 4 aromatic rings. The van der Waals surface area contributed by atoms with Crippen molar-refractivity contribution in [2.24, 2.45) is 0 Å². The van der Waals surface area contributed by atoms with E-state index in [-0.39, 0.29) is 5.75 Å². The Kier molecular flexibility index (Phi) is 4.54. The molecule has 3 N–H and O–H groups in total. The van der Waals surface area contributed by atoms with E-state index in [9.17, 15) is 9.90 Å². The molecule has 0 aliphatic carbocycles. The van der Waals surface area contributed by atoms with Gasteiger partial charge >= 0.3 is 0 Å². The molecule has 0 aliphatic heterocycles. The minimum Gasteiger partial charge on any atom is -0.508 e. The van der Waals surface area contributed by atoms with E-state index in [4.69, 9.17) is 11.6 Å². The number of fused-ring (bicyclic) bond motifs is 1. The maximum Gasteiger partial charge on any atom is 0.269 e. The van der Waals surface area contributed by atoms with Gasteiger partial charge in [0, 0.05) is 10.6 Å². The maximum atomic E-state index is 12.2. The Bertz CT molecular complexity index is 1190. The number of aromatic nitrogens is 4. The summed E-state index contributed by atoms with van der Waals surface area (Å²) in [4.78, 5) is 20.7. The summed E-state index contributed by atoms with van der Waals surface area (Å²) in [6.45, 7) is 1.92. The molecule has 0 bridgehead atoms. The molecule has 4 rings (SSSR count). The van der Waals surface area contributed by atoms with Crippen LogP contribution < -0.4 is 10.9 Å². The summed E-state index contributed by atoms with van der Waals surface area (Å²) in [7, 11) is 0. The number of hydrazine groups is 1. The number of anilines is 1. The molecule has 8 nitrogen and oxygen atoms in total. The third kappa shape index (κ3) is 3.33. The fraction of sp³-hybridized carbons (Fsp3) is 0.0526. The van der Waals surface area contributed by atoms with E-state index in [1.54, 1.807) is 23.0 Å². The highest BCUT2D eigenvalue weighted by molar-refractivity contribution is 6.31. The first-order valence-electron chi connectivity index (χ1n) is 8.33. The van der Waals surface area contributed by atoms with Gasteiger partial charge in [0.2, 0.25) is 0 Å². The molecule has 0 aliphatic rings. The number of phenolic OH excluding ortho intramolecular Hbond substituents is 1. The molecular weight excluding hydrogens is 380 g/mol. The second-order valence-corrected chi connectivity index (χ2v) is 6.49. The van der Waals surface area contributed by atoms with Crippen LogP contribution >= 0.6 is 11.6 Å². The van der Waals surface area contributed by atoms with Crippen molar-refractivity contribution in [3.05, 3.63) is 71.1 Å². The minimum atomic E-state index is -0.416. The number of hydrogen-bond donors (Lipinski definition) is 3. The lowest BCUT2D eigenvalue weighted by Gasteiger charge is -2.09. The van der Waals surface area contributed by atoms with Crippen LogP contribution in [0.4, 0.5) is 5.82 Å². The second-order valence-electron chi connectivity index (χ2n) is 6.08. The molecule has 1 amide bonds. The van der Waals surface area contributed by atoms with Gasteiger partial charge in [0.1, 0.15) is 12.1 Å². The van der Waals surface area contributed by atoms with E-state index in [0.29, 0.717) is 27.4 Å². The van der Waals surface area contributed by atoms with Gasteiger partial charge in [-0.25, -0.2) is 14.6 Å². The molecule has 140 valence electrons. The van der Waals surface area contributed by atoms with Gasteiger partial charge in [0.05, 0.1) is 17.3 Å². The van der Waals surface area contributed by atoms with Crippen LogP contribution in [0.1, 0.15) is 15.9 Å². The standard InChI is InChI=1S/C19H15ClN6O2/c1-11-5-6-13(8-16(11)20)26-18-15(9-23-26)17(21-10-22-18)24-25-19(28)12-3-2-4-14(27)7-12/h2-10,27H,1H3,(H,25,28)(H,21,22,24). The number of benzene rings is 2. The van der Waals surface area contributed by atoms with Gasteiger partial charge in [-0.3, -0.25) is 15.6 Å². The van der Waals surface area contributed by atoms with Crippen molar-refractivity contribution in [2.75, 3.05) is 5.43 Å². The smallest absolute Gasteiger partial charge is 0.269 e. The van der Waals surface area contributed by atoms with Crippen molar-refractivity contribution in [3.63, 3.8) is 0 Å². The number of rotatable bonds is 4. The zero-order chi connectivity index (χ0) is 19.7. The Morgan fingerprint density at radius 3 is 2.82 bits per heavy atom. The quantitative estimate of drug-likeness (QED) is 0.459. The number of phenols is 1. The topological polar surface area (TPSA) is 105 Å². The molecule has 0 unspecified atom stereocenters. The number of hydrogen-bond acceptors (Lipinski definition) is 6. The highest BCUT2D eigenvalue weighted by Gasteiger charge is 2.13. The van der Waals surface area contributed by atoms with E-state index in [0.717, 1.165) is 11.3 Å². The molecule has 2 heterocycles. The summed E-state index contributed by atoms with van der Waals surface area (Å²) < 4.78 is 1.64. The highest BCUT2D eigenvalue weighted by Crippen LogP contribution is 2.24. The van der Waals surface area contributed by atoms with Crippen LogP contribution in [0.3, 0.4) is 0 Å². The number of aryl methyl sites for hydroxylation is 1. The molecule has 9 heteroatoms. The van der Waals surface area contributed by atoms with Gasteiger partial charge in [-0.1, -0.05) is 23.7 Å². The summed E-state index contributed by atoms with van der Waals surface area (Å²) in [5.41, 5.74) is 7.93. The van der Waals surface area contributed by atoms with Gasteiger partial charge in [-0.2, -0.15) is 5.10 Å². The predicted octanol–water partition coefficient (Wildman–Crippen LogP) is 3.24. The lowest BCUT2D eigenvalue weighted by atomic mass is 10.2. The monoisotopic (exact) mass is 394 g/mol. The number of aromatic hydroxyl groups is 1. The Morgan fingerprint density at radius 1 is 1.18 bits per heavy atom. The summed E-state index contributed by atoms with van der Waals surface area (Å²) in [5, 5.41) is 15.1. The van der Waals surface area contributed by atoms with Gasteiger partial charge in [-0.15, -0.1) is 0 Å². The first-order valence-corrected chi connectivity index (χ1v) is 8.71. The predicted molar refractivity (Wildman–Crippen MR) is 106 cm³/mol. The third-order valence-corrected chi connectivity index (χ3v) is 4.58. The molecular formula is C19H15ClN6O2. The van der Waals surface area contributed by atoms with E-state index in [1.165, 1.54) is 18.5 Å². The first kappa shape index (κ1) is 17.7. The minimum absolute atomic E-state index is 0.00936. The molecule has 0 saturated heterocycles. The lowest BCUT2D eigenvalue weighted by molar-refractivity contribution is 0.0962. The number of carbonyl (C=O) groups excluding carboxylic acids is 1. The van der Waals surface area contributed by atoms with E-state index in [1.807, 2.05) is 25.1 Å². The van der Waals surface area contributed by atoms with Crippen molar-refractivity contribution < 1.29 is 9.90 Å². The zero-order valence-corrected chi connectivity index (χ0v) is 15.5. The van der Waals surface area contributed by atoms with Crippen molar-refractivity contribution in [2.45, 2.75) is 6.92 Å². The summed E-state index contributed by atoms with van der Waals surface area (Å²) in [5.74, 6) is -0.0153. The van der Waals surface area contributed by atoms with Crippen molar-refractivity contribution in [3.8, 4) is 11.4 Å². The second kappa shape index (κ2) is 7.16. The van der Waals surface area contributed by atoms with Crippen molar-refractivity contribution >= 4 is 34.4 Å². The average molecular weight is 395 g/mol. The lowest BCUT2D eigenvalue weighted by Crippen LogP contribution is -2.29. The third-order valence-electron chi connectivity index (χ3n) is 4.17. The van der Waals surface area contributed by atoms with E-state index in [2.05, 4.69) is 25.9 Å². The molecule has 0 fully saturated rings. The maximum absolute atomic E-state index is 12.2. The van der Waals surface area contributed by atoms with Crippen LogP contribution in [0, 0.1) is 6.92 Å². The van der Waals surface area contributed by atoms with Crippen LogP contribution in [0.2, 0.25) is 5.02 Å². The number of halogens is 1. The van der Waals surface area contributed by atoms with Crippen LogP contribution in [-0.4, -0.2) is 30.8 Å². The van der Waals surface area contributed by atoms with Crippen molar-refractivity contribution in [1.29, 1.82) is 0 Å². The molecule has 2 aromatic heterocycles. The number of carbonyl (C=O) groups is 1. The van der Waals surface area contributed by atoms with Crippen molar-refractivity contribution in [1.82, 2.24) is 25.2 Å². The first-order chi connectivity index (χ1) is 13.5. The van der Waals surface area contributed by atoms with Gasteiger partial charge < -0.3 is 5.11 Å². The normalized spacial score (nSPS) is 10.8. The largest absolute Gasteiger partial charge is 0.508 e. The number of amides is 1. The van der Waals surface area contributed by atoms with Gasteiger partial charge in [0.15, 0.2) is 11.5 Å². The zero-order valence-electron chi connectivity index (χ0n) is 14.7. The highest BCUT2D eigenvalue weighted by atomic mass is 35.5. The Morgan fingerprint density at radius 2 is 2.04 bits per heavy atom. The van der Waals surface area contributed by atoms with Crippen LogP contribution in [0.15, 0.2) is 55.0 Å². The summed E-state index contributed by atoms with van der Waals surface area (Å²) in [6, 6.07) is 11.6. The van der Waals surface area contributed by atoms with Crippen LogP contribution in [-0.2, 0) is 0 Å². The SMILES string of the molecule is Cc1ccc(-n2ncc3c(NNC(=O)c4cccc(O)c4)ncnc32)cc1Cl. The Labute approximate surface area is 164 Å². The molecule has 2 aromatic carbocycles. The Hall–Kier alpha value is -3.65. The molecule has 0 spiro atoms. The van der Waals surface area contributed by atoms with E-state index >= 15 is 0 Å². The average Bonchev–Trinajstić information content (AvgIpc) is 3.13. The number of nitrogens with zero attached hydrogens (tertiary/aromatic N) is 4. The number of nitrogens with one attached hydrogen (secondary N) is 2. The fourth-order valence-electron chi connectivity index (χ4n) is 2.68.